The number of aryl methyl sites for hydroxylation is 2. The summed E-state index contributed by atoms with van der Waals surface area (Å²) in [5, 5.41) is 2.96. The van der Waals surface area contributed by atoms with Crippen molar-refractivity contribution in [3.8, 4) is 0 Å². The predicted molar refractivity (Wildman–Crippen MR) is 114 cm³/mol. The smallest absolute Gasteiger partial charge is 0.255 e. The van der Waals surface area contributed by atoms with Gasteiger partial charge in [0.1, 0.15) is 0 Å². The van der Waals surface area contributed by atoms with Gasteiger partial charge in [-0.15, -0.1) is 0 Å². The molecular weight excluding hydrogens is 372 g/mol. The molecule has 2 aromatic rings. The second-order valence-corrected chi connectivity index (χ2v) is 8.79. The molecule has 152 valence electrons. The molecule has 0 saturated carbocycles. The minimum atomic E-state index is -3.62. The average Bonchev–Trinajstić information content (AvgIpc) is 2.69. The molecule has 2 rings (SSSR count). The maximum atomic E-state index is 13.0. The molecule has 2 aromatic carbocycles. The van der Waals surface area contributed by atoms with E-state index in [4.69, 9.17) is 0 Å². The van der Waals surface area contributed by atoms with Gasteiger partial charge in [0, 0.05) is 24.3 Å². The Bertz CT molecular complexity index is 917. The second kappa shape index (κ2) is 9.85. The molecule has 0 radical (unpaired) electrons. The third-order valence-corrected chi connectivity index (χ3v) is 6.55. The van der Waals surface area contributed by atoms with Gasteiger partial charge in [-0.25, -0.2) is 8.42 Å². The molecule has 6 heteroatoms. The molecule has 1 amide bonds. The molecule has 0 unspecified atom stereocenters. The largest absolute Gasteiger partial charge is 0.321 e. The van der Waals surface area contributed by atoms with Crippen molar-refractivity contribution >= 4 is 21.6 Å². The van der Waals surface area contributed by atoms with Crippen LogP contribution in [0, 0.1) is 6.92 Å². The Labute approximate surface area is 168 Å². The Kier molecular flexibility index (Phi) is 7.78. The Hall–Kier alpha value is -2.18. The summed E-state index contributed by atoms with van der Waals surface area (Å²) < 4.78 is 27.5. The number of amides is 1. The summed E-state index contributed by atoms with van der Waals surface area (Å²) in [5.74, 6) is -0.307. The van der Waals surface area contributed by atoms with Crippen LogP contribution in [-0.2, 0) is 16.4 Å². The average molecular weight is 403 g/mol. The Balaban J connectivity index is 2.34. The molecule has 0 fully saturated rings. The van der Waals surface area contributed by atoms with Crippen molar-refractivity contribution in [1.82, 2.24) is 4.31 Å². The number of rotatable bonds is 9. The maximum absolute atomic E-state index is 13.0. The van der Waals surface area contributed by atoms with Crippen LogP contribution in [0.25, 0.3) is 0 Å². The molecule has 0 atom stereocenters. The number of nitrogens with zero attached hydrogens (tertiary/aromatic N) is 1. The van der Waals surface area contributed by atoms with Gasteiger partial charge in [-0.3, -0.25) is 4.79 Å². The first kappa shape index (κ1) is 22.1. The lowest BCUT2D eigenvalue weighted by Crippen LogP contribution is -2.32. The summed E-state index contributed by atoms with van der Waals surface area (Å²) in [7, 11) is -3.62. The van der Waals surface area contributed by atoms with E-state index < -0.39 is 10.0 Å². The van der Waals surface area contributed by atoms with Crippen LogP contribution in [-0.4, -0.2) is 31.7 Å². The minimum absolute atomic E-state index is 0.155. The number of carbonyl (C=O) groups is 1. The fraction of sp³-hybridized carbons (Fsp3) is 0.409. The fourth-order valence-electron chi connectivity index (χ4n) is 3.19. The molecule has 0 bridgehead atoms. The number of para-hydroxylation sites is 1. The first-order valence-corrected chi connectivity index (χ1v) is 11.3. The van der Waals surface area contributed by atoms with E-state index in [1.807, 2.05) is 45.9 Å². The highest BCUT2D eigenvalue weighted by atomic mass is 32.2. The molecule has 0 aliphatic heterocycles. The quantitative estimate of drug-likeness (QED) is 0.665. The van der Waals surface area contributed by atoms with Gasteiger partial charge in [-0.2, -0.15) is 4.31 Å². The van der Waals surface area contributed by atoms with Crippen molar-refractivity contribution < 1.29 is 13.2 Å². The summed E-state index contributed by atoms with van der Waals surface area (Å²) in [6, 6.07) is 12.2. The first-order chi connectivity index (χ1) is 13.3. The van der Waals surface area contributed by atoms with Gasteiger partial charge < -0.3 is 5.32 Å². The summed E-state index contributed by atoms with van der Waals surface area (Å²) in [6.45, 7) is 8.83. The van der Waals surface area contributed by atoms with Gasteiger partial charge in [0.15, 0.2) is 0 Å². The van der Waals surface area contributed by atoms with E-state index in [-0.39, 0.29) is 10.8 Å². The maximum Gasteiger partial charge on any atom is 0.255 e. The molecule has 0 aliphatic rings. The lowest BCUT2D eigenvalue weighted by Gasteiger charge is -2.21. The summed E-state index contributed by atoms with van der Waals surface area (Å²) in [6.07, 6.45) is 2.29. The molecule has 0 saturated heterocycles. The van der Waals surface area contributed by atoms with Gasteiger partial charge in [0.2, 0.25) is 10.0 Å². The van der Waals surface area contributed by atoms with Crippen LogP contribution in [0.5, 0.6) is 0 Å². The highest BCUT2D eigenvalue weighted by molar-refractivity contribution is 7.89. The monoisotopic (exact) mass is 402 g/mol. The molecule has 1 N–H and O–H groups in total. The number of sulfonamides is 1. The SMILES string of the molecule is CCCN(CCC)S(=O)(=O)c1cccc(C(=O)Nc2c(C)cccc2CC)c1. The van der Waals surface area contributed by atoms with Crippen molar-refractivity contribution in [2.24, 2.45) is 0 Å². The zero-order valence-corrected chi connectivity index (χ0v) is 18.0. The van der Waals surface area contributed by atoms with Crippen LogP contribution in [0.3, 0.4) is 0 Å². The zero-order valence-electron chi connectivity index (χ0n) is 17.2. The molecule has 0 aliphatic carbocycles. The van der Waals surface area contributed by atoms with Crippen LogP contribution >= 0.6 is 0 Å². The van der Waals surface area contributed by atoms with Crippen LogP contribution in [0.15, 0.2) is 47.4 Å². The molecule has 0 aromatic heterocycles. The number of carbonyl (C=O) groups excluding carboxylic acids is 1. The number of anilines is 1. The van der Waals surface area contributed by atoms with Crippen LogP contribution < -0.4 is 5.32 Å². The number of benzene rings is 2. The Morgan fingerprint density at radius 2 is 1.64 bits per heavy atom. The molecule has 0 heterocycles. The number of hydrogen-bond donors (Lipinski definition) is 1. The minimum Gasteiger partial charge on any atom is -0.321 e. The van der Waals surface area contributed by atoms with Crippen molar-refractivity contribution in [1.29, 1.82) is 0 Å². The van der Waals surface area contributed by atoms with E-state index in [1.54, 1.807) is 18.2 Å². The van der Waals surface area contributed by atoms with E-state index in [1.165, 1.54) is 10.4 Å². The fourth-order valence-corrected chi connectivity index (χ4v) is 4.86. The lowest BCUT2D eigenvalue weighted by atomic mass is 10.1. The third kappa shape index (κ3) is 5.00. The molecule has 0 spiro atoms. The van der Waals surface area contributed by atoms with Crippen molar-refractivity contribution in [2.45, 2.75) is 51.9 Å². The van der Waals surface area contributed by atoms with Crippen LogP contribution in [0.2, 0.25) is 0 Å². The van der Waals surface area contributed by atoms with Gasteiger partial charge >= 0.3 is 0 Å². The summed E-state index contributed by atoms with van der Waals surface area (Å²) >= 11 is 0. The van der Waals surface area contributed by atoms with E-state index in [2.05, 4.69) is 5.32 Å². The van der Waals surface area contributed by atoms with E-state index >= 15 is 0 Å². The normalized spacial score (nSPS) is 11.6. The van der Waals surface area contributed by atoms with Gasteiger partial charge in [-0.05, 0) is 55.5 Å². The predicted octanol–water partition coefficient (Wildman–Crippen LogP) is 4.62. The van der Waals surface area contributed by atoms with Crippen LogP contribution in [0.1, 0.15) is 55.1 Å². The topological polar surface area (TPSA) is 66.5 Å². The third-order valence-electron chi connectivity index (χ3n) is 4.66. The lowest BCUT2D eigenvalue weighted by molar-refractivity contribution is 0.102. The number of hydrogen-bond acceptors (Lipinski definition) is 3. The van der Waals surface area contributed by atoms with Gasteiger partial charge in [0.25, 0.3) is 5.91 Å². The highest BCUT2D eigenvalue weighted by Crippen LogP contribution is 2.23. The second-order valence-electron chi connectivity index (χ2n) is 6.85. The standard InChI is InChI=1S/C22H30N2O3S/c1-5-14-24(15-6-2)28(26,27)20-13-9-12-19(16-20)22(25)23-21-17(4)10-8-11-18(21)7-3/h8-13,16H,5-7,14-15H2,1-4H3,(H,23,25). The van der Waals surface area contributed by atoms with Crippen molar-refractivity contribution in [2.75, 3.05) is 18.4 Å². The van der Waals surface area contributed by atoms with Gasteiger partial charge in [0.05, 0.1) is 4.90 Å². The van der Waals surface area contributed by atoms with Gasteiger partial charge in [-0.1, -0.05) is 45.0 Å². The molecule has 5 nitrogen and oxygen atoms in total. The van der Waals surface area contributed by atoms with E-state index in [0.29, 0.717) is 18.7 Å². The summed E-state index contributed by atoms with van der Waals surface area (Å²) in [4.78, 5) is 13.0. The number of nitrogens with one attached hydrogen (secondary N) is 1. The van der Waals surface area contributed by atoms with E-state index in [9.17, 15) is 13.2 Å². The summed E-state index contributed by atoms with van der Waals surface area (Å²) in [5.41, 5.74) is 3.16. The Morgan fingerprint density at radius 3 is 2.25 bits per heavy atom. The highest BCUT2D eigenvalue weighted by Gasteiger charge is 2.24. The van der Waals surface area contributed by atoms with E-state index in [0.717, 1.165) is 36.1 Å². The molecule has 28 heavy (non-hydrogen) atoms. The first-order valence-electron chi connectivity index (χ1n) is 9.85. The Morgan fingerprint density at radius 1 is 1.00 bits per heavy atom. The van der Waals surface area contributed by atoms with Crippen molar-refractivity contribution in [3.05, 3.63) is 59.2 Å². The molecular formula is C22H30N2O3S. The van der Waals surface area contributed by atoms with Crippen LogP contribution in [0.4, 0.5) is 5.69 Å². The zero-order chi connectivity index (χ0) is 20.7. The van der Waals surface area contributed by atoms with Crippen molar-refractivity contribution in [3.63, 3.8) is 0 Å².